The molecule has 5 nitrogen and oxygen atoms in total. The fraction of sp³-hybridized carbons (Fsp3) is 0.296. The molecule has 0 aromatic heterocycles. The molecule has 0 atom stereocenters. The number of ether oxygens (including phenoxy) is 2. The van der Waals surface area contributed by atoms with E-state index in [2.05, 4.69) is 15.4 Å². The number of amides is 1. The standard InChI is InChI=1S/C27H28F2N2O3/c1-18-5-3-8-24(25(18)19-9-11-22(12-10-19)34-27(2,28)29)26(32)31-20-6-4-7-23(17-20)33-21-13-15-30-16-14-21/h3-12,17,21,30H,13-16H2,1-2H3,(H,31,32). The molecule has 0 saturated carbocycles. The highest BCUT2D eigenvalue weighted by atomic mass is 19.3. The summed E-state index contributed by atoms with van der Waals surface area (Å²) in [5.74, 6) is 0.511. The number of hydrogen-bond acceptors (Lipinski definition) is 4. The first kappa shape index (κ1) is 23.7. The quantitative estimate of drug-likeness (QED) is 0.446. The lowest BCUT2D eigenvalue weighted by molar-refractivity contribution is -0.158. The smallest absolute Gasteiger partial charge is 0.394 e. The van der Waals surface area contributed by atoms with Crippen LogP contribution >= 0.6 is 0 Å². The lowest BCUT2D eigenvalue weighted by atomic mass is 9.94. The predicted molar refractivity (Wildman–Crippen MR) is 129 cm³/mol. The van der Waals surface area contributed by atoms with Gasteiger partial charge in [0.25, 0.3) is 5.91 Å². The van der Waals surface area contributed by atoms with E-state index in [9.17, 15) is 13.6 Å². The molecule has 0 unspecified atom stereocenters. The maximum atomic E-state index is 13.2. The minimum absolute atomic E-state index is 0.0568. The molecule has 1 aliphatic heterocycles. The van der Waals surface area contributed by atoms with Gasteiger partial charge in [-0.05, 0) is 79.9 Å². The van der Waals surface area contributed by atoms with Crippen molar-refractivity contribution >= 4 is 11.6 Å². The Hall–Kier alpha value is -3.45. The van der Waals surface area contributed by atoms with Crippen molar-refractivity contribution in [2.24, 2.45) is 0 Å². The highest BCUT2D eigenvalue weighted by Crippen LogP contribution is 2.31. The van der Waals surface area contributed by atoms with Crippen molar-refractivity contribution in [2.75, 3.05) is 18.4 Å². The van der Waals surface area contributed by atoms with Crippen LogP contribution in [0.4, 0.5) is 14.5 Å². The number of alkyl halides is 2. The number of aryl methyl sites for hydroxylation is 1. The van der Waals surface area contributed by atoms with Crippen molar-refractivity contribution in [1.82, 2.24) is 5.32 Å². The minimum Gasteiger partial charge on any atom is -0.490 e. The number of benzene rings is 3. The second-order valence-electron chi connectivity index (χ2n) is 8.48. The molecular formula is C27H28F2N2O3. The van der Waals surface area contributed by atoms with Crippen molar-refractivity contribution in [1.29, 1.82) is 0 Å². The van der Waals surface area contributed by atoms with Gasteiger partial charge < -0.3 is 20.1 Å². The van der Waals surface area contributed by atoms with Crippen molar-refractivity contribution < 1.29 is 23.0 Å². The Morgan fingerprint density at radius 1 is 1.00 bits per heavy atom. The van der Waals surface area contributed by atoms with Crippen LogP contribution in [0.3, 0.4) is 0 Å². The van der Waals surface area contributed by atoms with E-state index in [1.54, 1.807) is 18.2 Å². The zero-order chi connectivity index (χ0) is 24.1. The third-order valence-corrected chi connectivity index (χ3v) is 5.64. The molecule has 178 valence electrons. The van der Waals surface area contributed by atoms with Crippen LogP contribution in [-0.2, 0) is 0 Å². The van der Waals surface area contributed by atoms with Gasteiger partial charge in [-0.3, -0.25) is 4.79 Å². The van der Waals surface area contributed by atoms with Crippen LogP contribution in [0.2, 0.25) is 0 Å². The van der Waals surface area contributed by atoms with Crippen LogP contribution < -0.4 is 20.1 Å². The number of nitrogens with one attached hydrogen (secondary N) is 2. The number of carbonyl (C=O) groups is 1. The van der Waals surface area contributed by atoms with E-state index >= 15 is 0 Å². The van der Waals surface area contributed by atoms with E-state index in [0.717, 1.165) is 48.4 Å². The van der Waals surface area contributed by atoms with Gasteiger partial charge in [0.1, 0.15) is 17.6 Å². The summed E-state index contributed by atoms with van der Waals surface area (Å²) in [6.07, 6.45) is -1.21. The first-order valence-electron chi connectivity index (χ1n) is 11.3. The van der Waals surface area contributed by atoms with Gasteiger partial charge in [-0.1, -0.05) is 30.3 Å². The van der Waals surface area contributed by atoms with Gasteiger partial charge in [-0.25, -0.2) is 0 Å². The molecule has 34 heavy (non-hydrogen) atoms. The molecule has 1 aliphatic rings. The van der Waals surface area contributed by atoms with Crippen LogP contribution in [0.5, 0.6) is 11.5 Å². The maximum absolute atomic E-state index is 13.2. The molecule has 0 bridgehead atoms. The summed E-state index contributed by atoms with van der Waals surface area (Å²) in [4.78, 5) is 13.2. The number of hydrogen-bond donors (Lipinski definition) is 2. The minimum atomic E-state index is -3.26. The summed E-state index contributed by atoms with van der Waals surface area (Å²) in [6, 6.07) is 19.2. The topological polar surface area (TPSA) is 59.6 Å². The number of rotatable bonds is 7. The molecule has 7 heteroatoms. The molecule has 1 saturated heterocycles. The van der Waals surface area contributed by atoms with E-state index in [0.29, 0.717) is 18.2 Å². The predicted octanol–water partition coefficient (Wildman–Crippen LogP) is 6.04. The van der Waals surface area contributed by atoms with Crippen molar-refractivity contribution in [2.45, 2.75) is 38.9 Å². The Labute approximate surface area is 198 Å². The van der Waals surface area contributed by atoms with E-state index < -0.39 is 6.11 Å². The number of carbonyl (C=O) groups excluding carboxylic acids is 1. The maximum Gasteiger partial charge on any atom is 0.394 e. The molecule has 1 fully saturated rings. The fourth-order valence-corrected chi connectivity index (χ4v) is 4.09. The van der Waals surface area contributed by atoms with E-state index in [1.807, 2.05) is 43.3 Å². The van der Waals surface area contributed by atoms with Crippen molar-refractivity contribution in [3.8, 4) is 22.6 Å². The van der Waals surface area contributed by atoms with Gasteiger partial charge in [0.05, 0.1) is 0 Å². The fourth-order valence-electron chi connectivity index (χ4n) is 4.09. The Morgan fingerprint density at radius 2 is 1.71 bits per heavy atom. The van der Waals surface area contributed by atoms with Crippen LogP contribution in [0.1, 0.15) is 35.7 Å². The molecule has 0 radical (unpaired) electrons. The van der Waals surface area contributed by atoms with Crippen molar-refractivity contribution in [3.63, 3.8) is 0 Å². The average molecular weight is 467 g/mol. The summed E-state index contributed by atoms with van der Waals surface area (Å²) < 4.78 is 37.0. The average Bonchev–Trinajstić information content (AvgIpc) is 2.79. The Bertz CT molecular complexity index is 1140. The second-order valence-corrected chi connectivity index (χ2v) is 8.48. The van der Waals surface area contributed by atoms with Crippen LogP contribution in [0.15, 0.2) is 66.7 Å². The lowest BCUT2D eigenvalue weighted by Crippen LogP contribution is -2.34. The van der Waals surface area contributed by atoms with Gasteiger partial charge in [0.15, 0.2) is 0 Å². The molecule has 3 aromatic carbocycles. The van der Waals surface area contributed by atoms with E-state index in [4.69, 9.17) is 4.74 Å². The number of anilines is 1. The first-order chi connectivity index (χ1) is 16.3. The molecule has 2 N–H and O–H groups in total. The molecule has 1 amide bonds. The summed E-state index contributed by atoms with van der Waals surface area (Å²) in [7, 11) is 0. The number of piperidine rings is 1. The Kier molecular flexibility index (Phi) is 7.12. The van der Waals surface area contributed by atoms with Crippen LogP contribution in [-0.4, -0.2) is 31.2 Å². The lowest BCUT2D eigenvalue weighted by Gasteiger charge is -2.24. The molecule has 3 aromatic rings. The third kappa shape index (κ3) is 6.11. The highest BCUT2D eigenvalue weighted by molar-refractivity contribution is 6.09. The van der Waals surface area contributed by atoms with E-state index in [1.165, 1.54) is 12.1 Å². The Balaban J connectivity index is 1.53. The molecular weight excluding hydrogens is 438 g/mol. The summed E-state index contributed by atoms with van der Waals surface area (Å²) >= 11 is 0. The van der Waals surface area contributed by atoms with Crippen molar-refractivity contribution in [3.05, 3.63) is 77.9 Å². The van der Waals surface area contributed by atoms with Gasteiger partial charge in [0.2, 0.25) is 0 Å². The highest BCUT2D eigenvalue weighted by Gasteiger charge is 2.23. The van der Waals surface area contributed by atoms with Crippen LogP contribution in [0, 0.1) is 6.92 Å². The molecule has 1 heterocycles. The van der Waals surface area contributed by atoms with Gasteiger partial charge >= 0.3 is 6.11 Å². The largest absolute Gasteiger partial charge is 0.490 e. The zero-order valence-electron chi connectivity index (χ0n) is 19.2. The molecule has 0 aliphatic carbocycles. The van der Waals surface area contributed by atoms with Gasteiger partial charge in [-0.15, -0.1) is 0 Å². The summed E-state index contributed by atoms with van der Waals surface area (Å²) in [5.41, 5.74) is 3.48. The molecule has 4 rings (SSSR count). The van der Waals surface area contributed by atoms with Crippen LogP contribution in [0.25, 0.3) is 11.1 Å². The van der Waals surface area contributed by atoms with E-state index in [-0.39, 0.29) is 17.8 Å². The van der Waals surface area contributed by atoms with Gasteiger partial charge in [-0.2, -0.15) is 8.78 Å². The first-order valence-corrected chi connectivity index (χ1v) is 11.3. The monoisotopic (exact) mass is 466 g/mol. The SMILES string of the molecule is Cc1cccc(C(=O)Nc2cccc(OC3CCNCC3)c2)c1-c1ccc(OC(C)(F)F)cc1. The summed E-state index contributed by atoms with van der Waals surface area (Å²) in [5, 5.41) is 6.28. The number of halogens is 2. The zero-order valence-corrected chi connectivity index (χ0v) is 19.2. The Morgan fingerprint density at radius 3 is 2.41 bits per heavy atom. The third-order valence-electron chi connectivity index (χ3n) is 5.64. The van der Waals surface area contributed by atoms with Gasteiger partial charge in [0, 0.05) is 24.2 Å². The second kappa shape index (κ2) is 10.2. The summed E-state index contributed by atoms with van der Waals surface area (Å²) in [6.45, 7) is 4.47. The normalized spacial score (nSPS) is 14.5. The molecule has 0 spiro atoms.